The van der Waals surface area contributed by atoms with Crippen molar-refractivity contribution in [3.8, 4) is 0 Å². The van der Waals surface area contributed by atoms with Crippen molar-refractivity contribution in [2.24, 2.45) is 0 Å². The van der Waals surface area contributed by atoms with Crippen LogP contribution in [-0.4, -0.2) is 60.3 Å². The second-order valence-electron chi connectivity index (χ2n) is 6.34. The molecular weight excluding hydrogens is 332 g/mol. The Morgan fingerprint density at radius 1 is 1.35 bits per heavy atom. The average molecular weight is 356 g/mol. The van der Waals surface area contributed by atoms with Gasteiger partial charge in [0.1, 0.15) is 5.82 Å². The highest BCUT2D eigenvalue weighted by Crippen LogP contribution is 2.22. The van der Waals surface area contributed by atoms with Gasteiger partial charge in [-0.05, 0) is 19.1 Å². The summed E-state index contributed by atoms with van der Waals surface area (Å²) in [5.41, 5.74) is 1.80. The van der Waals surface area contributed by atoms with E-state index in [2.05, 4.69) is 21.3 Å². The highest BCUT2D eigenvalue weighted by molar-refractivity contribution is 5.81. The monoisotopic (exact) mass is 356 g/mol. The third-order valence-corrected chi connectivity index (χ3v) is 4.51. The number of nitrogens with one attached hydrogen (secondary N) is 1. The summed E-state index contributed by atoms with van der Waals surface area (Å²) in [4.78, 5) is 30.3. The molecule has 1 aliphatic heterocycles. The molecule has 1 amide bonds. The molecule has 3 rings (SSSR count). The van der Waals surface area contributed by atoms with Crippen LogP contribution in [0, 0.1) is 6.92 Å². The van der Waals surface area contributed by atoms with Gasteiger partial charge in [-0.2, -0.15) is 4.98 Å². The summed E-state index contributed by atoms with van der Waals surface area (Å²) in [6, 6.07) is 7.53. The Labute approximate surface area is 152 Å². The van der Waals surface area contributed by atoms with Crippen LogP contribution in [0.15, 0.2) is 35.1 Å². The quantitative estimate of drug-likeness (QED) is 0.782. The summed E-state index contributed by atoms with van der Waals surface area (Å²) < 4.78 is 6.98. The first-order valence-electron chi connectivity index (χ1n) is 8.76. The van der Waals surface area contributed by atoms with E-state index in [-0.39, 0.29) is 11.5 Å². The second-order valence-corrected chi connectivity index (χ2v) is 6.34. The molecule has 0 unspecified atom stereocenters. The van der Waals surface area contributed by atoms with E-state index in [4.69, 9.17) is 4.74 Å². The number of carbonyl (C=O) groups is 1. The van der Waals surface area contributed by atoms with Gasteiger partial charge in [0.2, 0.25) is 5.91 Å². The highest BCUT2D eigenvalue weighted by atomic mass is 16.5. The molecule has 0 aliphatic carbocycles. The van der Waals surface area contributed by atoms with Gasteiger partial charge in [-0.25, -0.2) is 0 Å². The van der Waals surface area contributed by atoms with E-state index in [9.17, 15) is 9.59 Å². The normalized spacial score (nSPS) is 15.1. The van der Waals surface area contributed by atoms with Crippen LogP contribution >= 0.6 is 0 Å². The number of nitrogens with zero attached hydrogens (tertiary/aromatic N) is 3. The fraction of sp³-hybridized carbons (Fsp3) is 0.421. The van der Waals surface area contributed by atoms with E-state index < -0.39 is 0 Å². The van der Waals surface area contributed by atoms with Gasteiger partial charge in [0.05, 0.1) is 24.1 Å². The summed E-state index contributed by atoms with van der Waals surface area (Å²) in [7, 11) is 1.61. The third-order valence-electron chi connectivity index (χ3n) is 4.51. The lowest BCUT2D eigenvalue weighted by molar-refractivity contribution is -0.122. The standard InChI is InChI=1S/C19H24N4O3/c1-14-21-19(25)16-5-3-4-6-17(16)23(14)15-7-10-22(11-8-15)13-18(24)20-9-12-26-2/h3-7H,8-13H2,1-2H3,(H,20,24). The molecule has 0 fully saturated rings. The Morgan fingerprint density at radius 3 is 2.88 bits per heavy atom. The largest absolute Gasteiger partial charge is 0.383 e. The number of hydrogen-bond donors (Lipinski definition) is 1. The fourth-order valence-corrected chi connectivity index (χ4v) is 3.24. The van der Waals surface area contributed by atoms with Crippen LogP contribution in [0.25, 0.3) is 16.6 Å². The molecule has 1 N–H and O–H groups in total. The van der Waals surface area contributed by atoms with E-state index in [0.29, 0.717) is 37.5 Å². The molecule has 7 heteroatoms. The summed E-state index contributed by atoms with van der Waals surface area (Å²) >= 11 is 0. The van der Waals surface area contributed by atoms with Crippen LogP contribution in [0.3, 0.4) is 0 Å². The van der Waals surface area contributed by atoms with Crippen molar-refractivity contribution in [1.82, 2.24) is 19.8 Å². The number of amides is 1. The Kier molecular flexibility index (Phi) is 5.80. The maximum Gasteiger partial charge on any atom is 0.280 e. The Balaban J connectivity index is 1.75. The first kappa shape index (κ1) is 18.3. The number of benzene rings is 1. The second kappa shape index (κ2) is 8.25. The summed E-state index contributed by atoms with van der Waals surface area (Å²) in [5, 5.41) is 3.46. The van der Waals surface area contributed by atoms with Crippen molar-refractivity contribution in [2.75, 3.05) is 39.9 Å². The van der Waals surface area contributed by atoms with Crippen molar-refractivity contribution >= 4 is 22.5 Å². The lowest BCUT2D eigenvalue weighted by Gasteiger charge is -2.27. The number of rotatable bonds is 6. The molecule has 1 aromatic heterocycles. The van der Waals surface area contributed by atoms with Gasteiger partial charge in [0.25, 0.3) is 5.56 Å². The van der Waals surface area contributed by atoms with Gasteiger partial charge in [-0.1, -0.05) is 18.2 Å². The number of para-hydroxylation sites is 1. The van der Waals surface area contributed by atoms with Crippen LogP contribution in [0.1, 0.15) is 12.2 Å². The van der Waals surface area contributed by atoms with Gasteiger partial charge < -0.3 is 14.6 Å². The molecule has 1 aromatic carbocycles. The molecule has 0 spiro atoms. The van der Waals surface area contributed by atoms with Crippen LogP contribution in [0.4, 0.5) is 0 Å². The maximum atomic E-state index is 12.1. The number of hydrogen-bond acceptors (Lipinski definition) is 5. The number of methoxy groups -OCH3 is 1. The van der Waals surface area contributed by atoms with E-state index >= 15 is 0 Å². The highest BCUT2D eigenvalue weighted by Gasteiger charge is 2.18. The van der Waals surface area contributed by atoms with Gasteiger partial charge in [0.15, 0.2) is 0 Å². The van der Waals surface area contributed by atoms with Crippen LogP contribution < -0.4 is 10.9 Å². The predicted octanol–water partition coefficient (Wildman–Crippen LogP) is 1.01. The SMILES string of the molecule is COCCNC(=O)CN1CC=C(n2c(C)nc(=O)c3ccccc32)CC1. The van der Waals surface area contributed by atoms with Crippen LogP contribution in [0.5, 0.6) is 0 Å². The molecule has 2 heterocycles. The lowest BCUT2D eigenvalue weighted by atomic mass is 10.1. The van der Waals surface area contributed by atoms with E-state index in [1.807, 2.05) is 29.7 Å². The minimum absolute atomic E-state index is 0.00515. The fourth-order valence-electron chi connectivity index (χ4n) is 3.24. The summed E-state index contributed by atoms with van der Waals surface area (Å²) in [6.07, 6.45) is 2.90. The number of fused-ring (bicyclic) bond motifs is 1. The zero-order valence-corrected chi connectivity index (χ0v) is 15.2. The van der Waals surface area contributed by atoms with Gasteiger partial charge >= 0.3 is 0 Å². The lowest BCUT2D eigenvalue weighted by Crippen LogP contribution is -2.40. The molecule has 0 saturated carbocycles. The van der Waals surface area contributed by atoms with E-state index in [1.165, 1.54) is 0 Å². The van der Waals surface area contributed by atoms with Gasteiger partial charge in [0, 0.05) is 38.9 Å². The number of aryl methyl sites for hydroxylation is 1. The van der Waals surface area contributed by atoms with Crippen LogP contribution in [-0.2, 0) is 9.53 Å². The third kappa shape index (κ3) is 4.00. The zero-order chi connectivity index (χ0) is 18.5. The van der Waals surface area contributed by atoms with Crippen molar-refractivity contribution in [2.45, 2.75) is 13.3 Å². The summed E-state index contributed by atoms with van der Waals surface area (Å²) in [5.74, 6) is 0.691. The number of carbonyl (C=O) groups excluding carboxylic acids is 1. The molecule has 0 radical (unpaired) electrons. The Bertz CT molecular complexity index is 888. The molecule has 2 aromatic rings. The minimum Gasteiger partial charge on any atom is -0.383 e. The van der Waals surface area contributed by atoms with Crippen molar-refractivity contribution < 1.29 is 9.53 Å². The maximum absolute atomic E-state index is 12.1. The zero-order valence-electron chi connectivity index (χ0n) is 15.2. The number of aromatic nitrogens is 2. The van der Waals surface area contributed by atoms with Crippen molar-refractivity contribution in [3.05, 3.63) is 46.5 Å². The van der Waals surface area contributed by atoms with Crippen molar-refractivity contribution in [1.29, 1.82) is 0 Å². The molecule has 0 bridgehead atoms. The van der Waals surface area contributed by atoms with Crippen LogP contribution in [0.2, 0.25) is 0 Å². The first-order valence-corrected chi connectivity index (χ1v) is 8.76. The molecule has 7 nitrogen and oxygen atoms in total. The van der Waals surface area contributed by atoms with Crippen molar-refractivity contribution in [3.63, 3.8) is 0 Å². The number of ether oxygens (including phenoxy) is 1. The topological polar surface area (TPSA) is 76.5 Å². The van der Waals surface area contributed by atoms with Gasteiger partial charge in [-0.3, -0.25) is 14.5 Å². The predicted molar refractivity (Wildman–Crippen MR) is 101 cm³/mol. The van der Waals surface area contributed by atoms with E-state index in [1.54, 1.807) is 13.2 Å². The minimum atomic E-state index is -0.194. The summed E-state index contributed by atoms with van der Waals surface area (Å²) in [6.45, 7) is 4.73. The average Bonchev–Trinajstić information content (AvgIpc) is 2.63. The molecule has 0 saturated heterocycles. The first-order chi connectivity index (χ1) is 12.6. The van der Waals surface area contributed by atoms with Gasteiger partial charge in [-0.15, -0.1) is 0 Å². The molecular formula is C19H24N4O3. The Morgan fingerprint density at radius 2 is 2.15 bits per heavy atom. The molecule has 138 valence electrons. The molecule has 1 aliphatic rings. The smallest absolute Gasteiger partial charge is 0.280 e. The molecule has 26 heavy (non-hydrogen) atoms. The molecule has 0 atom stereocenters. The Hall–Kier alpha value is -2.51. The van der Waals surface area contributed by atoms with E-state index in [0.717, 1.165) is 24.2 Å².